The number of piperazine rings is 1. The van der Waals surface area contributed by atoms with Crippen LogP contribution in [-0.2, 0) is 4.74 Å². The van der Waals surface area contributed by atoms with Crippen LogP contribution in [0.3, 0.4) is 0 Å². The Morgan fingerprint density at radius 2 is 1.59 bits per heavy atom. The Kier molecular flexibility index (Phi) is 10.6. The highest BCUT2D eigenvalue weighted by atomic mass is 16.6. The summed E-state index contributed by atoms with van der Waals surface area (Å²) >= 11 is 0. The van der Waals surface area contributed by atoms with Gasteiger partial charge in [-0.3, -0.25) is 4.79 Å². The summed E-state index contributed by atoms with van der Waals surface area (Å²) in [5.74, 6) is 9.89. The van der Waals surface area contributed by atoms with E-state index < -0.39 is 0 Å². The number of ether oxygens (including phenoxy) is 2. The molecule has 8 nitrogen and oxygen atoms in total. The number of hydrogen-bond donors (Lipinski definition) is 1. The van der Waals surface area contributed by atoms with Crippen molar-refractivity contribution in [1.29, 1.82) is 0 Å². The third-order valence-corrected chi connectivity index (χ3v) is 11.8. The SMILES string of the molecule is CCN(CC)c1ccc2c(c1)OC1=CC([NH+](CC)CC)C=CC1=C2c1ccccc1C(=O)N1CCN(C(=O)OCC2[C@H]3CCC#CCC[C@@H]23)CC1. The predicted molar refractivity (Wildman–Crippen MR) is 202 cm³/mol. The zero-order chi connectivity index (χ0) is 35.5. The van der Waals surface area contributed by atoms with Crippen molar-refractivity contribution in [3.8, 4) is 17.6 Å². The lowest BCUT2D eigenvalue weighted by atomic mass is 9.84. The summed E-state index contributed by atoms with van der Waals surface area (Å²) in [5, 5.41) is 0. The summed E-state index contributed by atoms with van der Waals surface area (Å²) in [6, 6.07) is 14.6. The van der Waals surface area contributed by atoms with E-state index in [4.69, 9.17) is 9.47 Å². The minimum atomic E-state index is -0.263. The van der Waals surface area contributed by atoms with Crippen molar-refractivity contribution in [2.75, 3.05) is 63.9 Å². The number of hydrogen-bond acceptors (Lipinski definition) is 5. The van der Waals surface area contributed by atoms with Crippen LogP contribution in [0.1, 0.15) is 74.9 Å². The molecule has 2 heterocycles. The molecule has 2 aromatic carbocycles. The van der Waals surface area contributed by atoms with Gasteiger partial charge in [-0.1, -0.05) is 18.2 Å². The number of benzene rings is 2. The number of fused-ring (bicyclic) bond motifs is 3. The van der Waals surface area contributed by atoms with E-state index in [9.17, 15) is 9.59 Å². The number of anilines is 1. The molecule has 0 spiro atoms. The minimum Gasteiger partial charge on any atom is -0.456 e. The van der Waals surface area contributed by atoms with Gasteiger partial charge in [-0.25, -0.2) is 4.79 Å². The van der Waals surface area contributed by atoms with Gasteiger partial charge in [-0.2, -0.15) is 0 Å². The van der Waals surface area contributed by atoms with Crippen LogP contribution in [-0.4, -0.2) is 86.8 Å². The van der Waals surface area contributed by atoms with Gasteiger partial charge in [-0.15, -0.1) is 11.8 Å². The first-order chi connectivity index (χ1) is 24.9. The zero-order valence-corrected chi connectivity index (χ0v) is 30.7. The fraction of sp³-hybridized carbons (Fsp3) is 0.488. The highest BCUT2D eigenvalue weighted by Crippen LogP contribution is 2.52. The van der Waals surface area contributed by atoms with Gasteiger partial charge in [0.05, 0.1) is 19.7 Å². The third-order valence-electron chi connectivity index (χ3n) is 11.8. The highest BCUT2D eigenvalue weighted by Gasteiger charge is 2.49. The average molecular weight is 690 g/mol. The van der Waals surface area contributed by atoms with Crippen LogP contribution < -0.4 is 14.5 Å². The molecule has 2 amide bonds. The molecule has 2 fully saturated rings. The van der Waals surface area contributed by atoms with E-state index in [0.29, 0.717) is 56.1 Å². The highest BCUT2D eigenvalue weighted by molar-refractivity contribution is 6.03. The second-order valence-electron chi connectivity index (χ2n) is 14.3. The maximum Gasteiger partial charge on any atom is 0.409 e. The lowest BCUT2D eigenvalue weighted by molar-refractivity contribution is -0.908. The van der Waals surface area contributed by atoms with Gasteiger partial charge < -0.3 is 29.1 Å². The number of nitrogens with zero attached hydrogens (tertiary/aromatic N) is 3. The molecule has 2 aromatic rings. The van der Waals surface area contributed by atoms with E-state index in [1.807, 2.05) is 23.1 Å². The van der Waals surface area contributed by atoms with Crippen molar-refractivity contribution in [3.05, 3.63) is 88.7 Å². The van der Waals surface area contributed by atoms with Gasteiger partial charge in [0, 0.05) is 92.2 Å². The molecule has 0 radical (unpaired) electrons. The first kappa shape index (κ1) is 34.9. The summed E-state index contributed by atoms with van der Waals surface area (Å²) < 4.78 is 12.6. The maximum absolute atomic E-state index is 14.4. The molecule has 8 heteroatoms. The van der Waals surface area contributed by atoms with Crippen molar-refractivity contribution < 1.29 is 24.0 Å². The smallest absolute Gasteiger partial charge is 0.409 e. The standard InChI is InChI=1S/C43H52N4O4/c1-5-44(6-2)30-19-21-36-39(27-30)51-40-28-31(45(7-3)8-4)20-22-37(40)41(36)34-17-13-14-18-35(34)42(48)46-23-25-47(26-24-46)43(49)50-29-38-32-15-11-9-10-12-16-33(32)38/h13-14,17-22,27-28,30,32-33,38H,5-8,11-12,15-16,23-26,29H2,1-4H3/p+1/t30?,32-,33+,38?. The van der Waals surface area contributed by atoms with Gasteiger partial charge >= 0.3 is 6.09 Å². The van der Waals surface area contributed by atoms with Crippen LogP contribution in [0.5, 0.6) is 5.75 Å². The lowest BCUT2D eigenvalue weighted by Crippen LogP contribution is -3.14. The Balaban J connectivity index is 1.11. The van der Waals surface area contributed by atoms with Crippen LogP contribution >= 0.6 is 0 Å². The molecule has 51 heavy (non-hydrogen) atoms. The molecule has 7 rings (SSSR count). The molecule has 1 saturated heterocycles. The minimum absolute atomic E-state index is 0.0216. The largest absolute Gasteiger partial charge is 0.456 e. The Morgan fingerprint density at radius 3 is 2.27 bits per heavy atom. The van der Waals surface area contributed by atoms with Crippen LogP contribution in [0.2, 0.25) is 0 Å². The topological polar surface area (TPSA) is 66.8 Å². The number of allylic oxidation sites excluding steroid dienone is 1. The van der Waals surface area contributed by atoms with Crippen LogP contribution in [0.15, 0.2) is 72.0 Å². The first-order valence-electron chi connectivity index (χ1n) is 19.3. The molecule has 0 aromatic heterocycles. The second-order valence-corrected chi connectivity index (χ2v) is 14.3. The van der Waals surface area contributed by atoms with Crippen LogP contribution in [0.25, 0.3) is 5.57 Å². The molecule has 1 saturated carbocycles. The molecule has 2 unspecified atom stereocenters. The van der Waals surface area contributed by atoms with Crippen molar-refractivity contribution in [2.24, 2.45) is 17.8 Å². The van der Waals surface area contributed by atoms with Crippen LogP contribution in [0, 0.1) is 29.6 Å². The number of rotatable bonds is 10. The number of quaternary nitrogens is 1. The van der Waals surface area contributed by atoms with Gasteiger partial charge in [0.25, 0.3) is 5.91 Å². The number of likely N-dealkylation sites (N-methyl/N-ethyl adjacent to an activating group) is 1. The van der Waals surface area contributed by atoms with Gasteiger partial charge in [0.15, 0.2) is 0 Å². The number of carbonyl (C=O) groups excluding carboxylic acids is 2. The maximum atomic E-state index is 14.4. The zero-order valence-electron chi connectivity index (χ0n) is 30.7. The molecule has 2 aliphatic heterocycles. The monoisotopic (exact) mass is 689 g/mol. The van der Waals surface area contributed by atoms with Gasteiger partial charge in [0.2, 0.25) is 0 Å². The molecule has 3 aliphatic carbocycles. The summed E-state index contributed by atoms with van der Waals surface area (Å²) in [6.07, 6.45) is 10.6. The van der Waals surface area contributed by atoms with Crippen molar-refractivity contribution >= 4 is 23.3 Å². The molecular weight excluding hydrogens is 636 g/mol. The fourth-order valence-corrected chi connectivity index (χ4v) is 8.69. The van der Waals surface area contributed by atoms with E-state index >= 15 is 0 Å². The van der Waals surface area contributed by atoms with Crippen molar-refractivity contribution in [2.45, 2.75) is 59.4 Å². The second kappa shape index (κ2) is 15.4. The lowest BCUT2D eigenvalue weighted by Gasteiger charge is -2.35. The molecular formula is C43H53N4O4+. The summed E-state index contributed by atoms with van der Waals surface area (Å²) in [4.78, 5) is 34.9. The number of carbonyl (C=O) groups is 2. The van der Waals surface area contributed by atoms with E-state index in [-0.39, 0.29) is 18.0 Å². The van der Waals surface area contributed by atoms with Crippen molar-refractivity contribution in [1.82, 2.24) is 9.80 Å². The summed E-state index contributed by atoms with van der Waals surface area (Å²) in [6.45, 7) is 15.0. The van der Waals surface area contributed by atoms with Gasteiger partial charge in [-0.05, 0) is 94.2 Å². The Hall–Kier alpha value is -4.48. The molecule has 268 valence electrons. The first-order valence-corrected chi connectivity index (χ1v) is 19.3. The number of nitrogens with one attached hydrogen (secondary N) is 1. The van der Waals surface area contributed by atoms with E-state index in [1.54, 1.807) is 4.90 Å². The Morgan fingerprint density at radius 1 is 0.902 bits per heavy atom. The van der Waals surface area contributed by atoms with E-state index in [0.717, 1.165) is 91.3 Å². The van der Waals surface area contributed by atoms with Crippen molar-refractivity contribution in [3.63, 3.8) is 0 Å². The van der Waals surface area contributed by atoms with E-state index in [1.165, 1.54) is 4.90 Å². The van der Waals surface area contributed by atoms with E-state index in [2.05, 4.69) is 86.9 Å². The molecule has 0 bridgehead atoms. The summed E-state index contributed by atoms with van der Waals surface area (Å²) in [5.41, 5.74) is 5.68. The predicted octanol–water partition coefficient (Wildman–Crippen LogP) is 5.81. The van der Waals surface area contributed by atoms with Gasteiger partial charge in [0.1, 0.15) is 17.6 Å². The molecule has 1 N–H and O–H groups in total. The normalized spacial score (nSPS) is 23.4. The Bertz CT molecular complexity index is 1770. The Labute approximate surface area is 303 Å². The molecule has 4 atom stereocenters. The number of amides is 2. The third kappa shape index (κ3) is 7.06. The van der Waals surface area contributed by atoms with Crippen LogP contribution in [0.4, 0.5) is 10.5 Å². The quantitative estimate of drug-likeness (QED) is 0.320. The molecule has 5 aliphatic rings. The fourth-order valence-electron chi connectivity index (χ4n) is 8.69. The summed E-state index contributed by atoms with van der Waals surface area (Å²) in [7, 11) is 0. The average Bonchev–Trinajstić information content (AvgIpc) is 3.81.